The van der Waals surface area contributed by atoms with Crippen LogP contribution in [0.4, 0.5) is 0 Å². The first-order valence-electron chi connectivity index (χ1n) is 4.20. The van der Waals surface area contributed by atoms with Crippen molar-refractivity contribution in [1.29, 1.82) is 0 Å². The maximum absolute atomic E-state index is 3.93. The lowest BCUT2D eigenvalue weighted by atomic mass is 10.1. The fourth-order valence-electron chi connectivity index (χ4n) is 0.748. The standard InChI is InChI=1S/C8H11N.C2H6.2CH4/c1-7(2)8-3-5-9-6-4-8;1-2;;/h3-7H,1-2H3;1-2H3;2*1H4. The minimum Gasteiger partial charge on any atom is -0.265 e. The van der Waals surface area contributed by atoms with Gasteiger partial charge in [-0.15, -0.1) is 0 Å². The van der Waals surface area contributed by atoms with Crippen LogP contribution in [-0.2, 0) is 0 Å². The smallest absolute Gasteiger partial charge is 0.0270 e. The maximum Gasteiger partial charge on any atom is 0.0270 e. The Morgan fingerprint density at radius 3 is 1.62 bits per heavy atom. The third kappa shape index (κ3) is 7.51. The van der Waals surface area contributed by atoms with Gasteiger partial charge in [0, 0.05) is 12.4 Å². The molecule has 0 atom stereocenters. The number of hydrogen-bond acceptors (Lipinski definition) is 1. The molecule has 0 N–H and O–H groups in total. The highest BCUT2D eigenvalue weighted by Crippen LogP contribution is 2.10. The van der Waals surface area contributed by atoms with Gasteiger partial charge >= 0.3 is 0 Å². The molecule has 1 aromatic heterocycles. The van der Waals surface area contributed by atoms with Gasteiger partial charge in [-0.25, -0.2) is 0 Å². The minimum absolute atomic E-state index is 0. The van der Waals surface area contributed by atoms with Crippen LogP contribution in [0.15, 0.2) is 24.5 Å². The molecule has 1 rings (SSSR count). The van der Waals surface area contributed by atoms with E-state index in [-0.39, 0.29) is 14.9 Å². The Morgan fingerprint density at radius 2 is 1.38 bits per heavy atom. The lowest BCUT2D eigenvalue weighted by Crippen LogP contribution is -1.85. The van der Waals surface area contributed by atoms with Crippen LogP contribution in [0, 0.1) is 0 Å². The van der Waals surface area contributed by atoms with Crippen LogP contribution >= 0.6 is 0 Å². The Labute approximate surface area is 84.2 Å². The lowest BCUT2D eigenvalue weighted by molar-refractivity contribution is 0.863. The van der Waals surface area contributed by atoms with Gasteiger partial charge in [0.15, 0.2) is 0 Å². The van der Waals surface area contributed by atoms with Crippen molar-refractivity contribution in [1.82, 2.24) is 4.98 Å². The fraction of sp³-hybridized carbons (Fsp3) is 0.583. The third-order valence-electron chi connectivity index (χ3n) is 1.37. The minimum atomic E-state index is 0. The molecule has 1 nitrogen and oxygen atoms in total. The van der Waals surface area contributed by atoms with Crippen molar-refractivity contribution in [2.24, 2.45) is 0 Å². The van der Waals surface area contributed by atoms with E-state index in [1.165, 1.54) is 5.56 Å². The molecular formula is C12H25N. The van der Waals surface area contributed by atoms with Gasteiger partial charge in [0.2, 0.25) is 0 Å². The summed E-state index contributed by atoms with van der Waals surface area (Å²) in [7, 11) is 0. The molecule has 0 saturated carbocycles. The number of nitrogens with zero attached hydrogens (tertiary/aromatic N) is 1. The predicted molar refractivity (Wildman–Crippen MR) is 63.1 cm³/mol. The molecule has 0 amide bonds. The number of hydrogen-bond donors (Lipinski definition) is 0. The highest BCUT2D eigenvalue weighted by Gasteiger charge is 1.93. The van der Waals surface area contributed by atoms with E-state index in [1.54, 1.807) is 0 Å². The van der Waals surface area contributed by atoms with Gasteiger partial charge < -0.3 is 0 Å². The van der Waals surface area contributed by atoms with Crippen molar-refractivity contribution in [3.05, 3.63) is 30.1 Å². The second-order valence-electron chi connectivity index (χ2n) is 2.44. The van der Waals surface area contributed by atoms with Gasteiger partial charge in [-0.3, -0.25) is 4.98 Å². The van der Waals surface area contributed by atoms with E-state index in [1.807, 2.05) is 38.4 Å². The third-order valence-corrected chi connectivity index (χ3v) is 1.37. The number of rotatable bonds is 1. The summed E-state index contributed by atoms with van der Waals surface area (Å²) in [4.78, 5) is 3.93. The van der Waals surface area contributed by atoms with Crippen LogP contribution in [0.1, 0.15) is 54.0 Å². The van der Waals surface area contributed by atoms with Gasteiger partial charge in [-0.2, -0.15) is 0 Å². The summed E-state index contributed by atoms with van der Waals surface area (Å²) in [5.41, 5.74) is 1.35. The zero-order chi connectivity index (χ0) is 8.69. The molecule has 0 aliphatic heterocycles. The van der Waals surface area contributed by atoms with Crippen molar-refractivity contribution < 1.29 is 0 Å². The second kappa shape index (κ2) is 11.2. The molecule has 0 saturated heterocycles. The summed E-state index contributed by atoms with van der Waals surface area (Å²) < 4.78 is 0. The van der Waals surface area contributed by atoms with Crippen molar-refractivity contribution in [3.8, 4) is 0 Å². The van der Waals surface area contributed by atoms with Crippen molar-refractivity contribution in [2.45, 2.75) is 48.5 Å². The van der Waals surface area contributed by atoms with Gasteiger partial charge in [0.25, 0.3) is 0 Å². The molecule has 0 aliphatic carbocycles. The summed E-state index contributed by atoms with van der Waals surface area (Å²) in [6.45, 7) is 8.35. The maximum atomic E-state index is 3.93. The Bertz CT molecular complexity index is 168. The summed E-state index contributed by atoms with van der Waals surface area (Å²) in [5, 5.41) is 0. The fourth-order valence-corrected chi connectivity index (χ4v) is 0.748. The van der Waals surface area contributed by atoms with Gasteiger partial charge in [0.1, 0.15) is 0 Å². The summed E-state index contributed by atoms with van der Waals surface area (Å²) in [6.07, 6.45) is 3.66. The van der Waals surface area contributed by atoms with Crippen LogP contribution < -0.4 is 0 Å². The largest absolute Gasteiger partial charge is 0.265 e. The molecule has 1 heteroatoms. The molecular weight excluding hydrogens is 158 g/mol. The first-order chi connectivity index (χ1) is 5.30. The normalized spacial score (nSPS) is 7.46. The SMILES string of the molecule is C.C.CC.CC(C)c1ccncc1. The average molecular weight is 183 g/mol. The van der Waals surface area contributed by atoms with E-state index in [4.69, 9.17) is 0 Å². The van der Waals surface area contributed by atoms with E-state index >= 15 is 0 Å². The average Bonchev–Trinajstić information content (AvgIpc) is 2.10. The molecule has 0 aromatic carbocycles. The topological polar surface area (TPSA) is 12.9 Å². The summed E-state index contributed by atoms with van der Waals surface area (Å²) in [5.74, 6) is 0.619. The zero-order valence-corrected chi connectivity index (χ0v) is 7.83. The summed E-state index contributed by atoms with van der Waals surface area (Å²) >= 11 is 0. The van der Waals surface area contributed by atoms with Crippen LogP contribution in [0.2, 0.25) is 0 Å². The highest BCUT2D eigenvalue weighted by molar-refractivity contribution is 5.13. The Hall–Kier alpha value is -0.850. The van der Waals surface area contributed by atoms with Crippen molar-refractivity contribution >= 4 is 0 Å². The molecule has 0 unspecified atom stereocenters. The molecule has 78 valence electrons. The molecule has 0 fully saturated rings. The zero-order valence-electron chi connectivity index (χ0n) is 7.83. The monoisotopic (exact) mass is 183 g/mol. The molecule has 13 heavy (non-hydrogen) atoms. The Morgan fingerprint density at radius 1 is 1.00 bits per heavy atom. The van der Waals surface area contributed by atoms with E-state index in [0.717, 1.165) is 0 Å². The quantitative estimate of drug-likeness (QED) is 0.624. The van der Waals surface area contributed by atoms with Crippen molar-refractivity contribution in [3.63, 3.8) is 0 Å². The molecule has 1 aromatic rings. The number of pyridine rings is 1. The second-order valence-corrected chi connectivity index (χ2v) is 2.44. The molecule has 0 aliphatic rings. The van der Waals surface area contributed by atoms with Crippen LogP contribution in [-0.4, -0.2) is 4.98 Å². The Kier molecular flexibility index (Phi) is 15.5. The van der Waals surface area contributed by atoms with Crippen LogP contribution in [0.3, 0.4) is 0 Å². The molecule has 0 bridgehead atoms. The highest BCUT2D eigenvalue weighted by atomic mass is 14.6. The number of aromatic nitrogens is 1. The van der Waals surface area contributed by atoms with E-state index in [2.05, 4.69) is 18.8 Å². The van der Waals surface area contributed by atoms with E-state index in [9.17, 15) is 0 Å². The van der Waals surface area contributed by atoms with Gasteiger partial charge in [0.05, 0.1) is 0 Å². The Balaban J connectivity index is -0.000000234. The predicted octanol–water partition coefficient (Wildman–Crippen LogP) is 4.50. The molecule has 0 spiro atoms. The van der Waals surface area contributed by atoms with Crippen molar-refractivity contribution in [2.75, 3.05) is 0 Å². The summed E-state index contributed by atoms with van der Waals surface area (Å²) in [6, 6.07) is 4.09. The van der Waals surface area contributed by atoms with Gasteiger partial charge in [-0.05, 0) is 23.6 Å². The molecule has 0 radical (unpaired) electrons. The first kappa shape index (κ1) is 18.0. The molecule has 1 heterocycles. The lowest BCUT2D eigenvalue weighted by Gasteiger charge is -2.01. The van der Waals surface area contributed by atoms with E-state index in [0.29, 0.717) is 5.92 Å². The van der Waals surface area contributed by atoms with E-state index < -0.39 is 0 Å². The van der Waals surface area contributed by atoms with Crippen LogP contribution in [0.5, 0.6) is 0 Å². The first-order valence-corrected chi connectivity index (χ1v) is 4.20. The van der Waals surface area contributed by atoms with Gasteiger partial charge in [-0.1, -0.05) is 42.5 Å². The van der Waals surface area contributed by atoms with Crippen LogP contribution in [0.25, 0.3) is 0 Å².